The molecule has 2 aromatic carbocycles. The van der Waals surface area contributed by atoms with Gasteiger partial charge in [-0.25, -0.2) is 9.97 Å². The van der Waals surface area contributed by atoms with E-state index in [9.17, 15) is 22.8 Å². The normalized spacial score (nSPS) is 14.3. The molecular formula is C25H21F3N6O2. The number of anilines is 1. The maximum absolute atomic E-state index is 13.6. The van der Waals surface area contributed by atoms with Crippen LogP contribution in [0.15, 0.2) is 67.0 Å². The molecule has 3 heterocycles. The molecule has 2 N–H and O–H groups in total. The van der Waals surface area contributed by atoms with Crippen LogP contribution >= 0.6 is 0 Å². The third-order valence-electron chi connectivity index (χ3n) is 6.13. The lowest BCUT2D eigenvalue weighted by Crippen LogP contribution is -2.49. The van der Waals surface area contributed by atoms with Crippen molar-refractivity contribution in [3.8, 4) is 11.3 Å². The number of primary amides is 1. The highest BCUT2D eigenvalue weighted by Crippen LogP contribution is 2.32. The molecule has 184 valence electrons. The fraction of sp³-hybridized carbons (Fsp3) is 0.200. The van der Waals surface area contributed by atoms with Gasteiger partial charge in [0.15, 0.2) is 11.3 Å². The van der Waals surface area contributed by atoms with Gasteiger partial charge in [-0.15, -0.1) is 0 Å². The maximum atomic E-state index is 13.6. The van der Waals surface area contributed by atoms with E-state index in [-0.39, 0.29) is 22.9 Å². The van der Waals surface area contributed by atoms with Crippen molar-refractivity contribution in [1.29, 1.82) is 0 Å². The SMILES string of the molecule is NC(=O)c1ncn2c(C(=O)N3CCN(c4cccc(C(F)(F)F)c4)CC3)cc(-c3ccccc3)nc12. The van der Waals surface area contributed by atoms with Gasteiger partial charge in [-0.3, -0.25) is 14.0 Å². The average Bonchev–Trinajstić information content (AvgIpc) is 3.32. The minimum absolute atomic E-state index is 0.0452. The van der Waals surface area contributed by atoms with Crippen LogP contribution in [0, 0.1) is 0 Å². The van der Waals surface area contributed by atoms with Gasteiger partial charge in [0, 0.05) is 37.4 Å². The molecule has 0 radical (unpaired) electrons. The first-order valence-corrected chi connectivity index (χ1v) is 11.2. The summed E-state index contributed by atoms with van der Waals surface area (Å²) in [5, 5.41) is 0. The molecule has 11 heteroatoms. The number of hydrogen-bond donors (Lipinski definition) is 1. The number of hydrogen-bond acceptors (Lipinski definition) is 5. The first-order chi connectivity index (χ1) is 17.2. The summed E-state index contributed by atoms with van der Waals surface area (Å²) in [6, 6.07) is 16.0. The predicted molar refractivity (Wildman–Crippen MR) is 127 cm³/mol. The summed E-state index contributed by atoms with van der Waals surface area (Å²) in [5.74, 6) is -1.07. The Labute approximate surface area is 203 Å². The Balaban J connectivity index is 1.43. The van der Waals surface area contributed by atoms with Crippen LogP contribution in [0.4, 0.5) is 18.9 Å². The molecule has 4 aromatic rings. The number of aromatic nitrogens is 3. The third-order valence-corrected chi connectivity index (χ3v) is 6.13. The Bertz CT molecular complexity index is 1440. The van der Waals surface area contributed by atoms with Gasteiger partial charge in [-0.1, -0.05) is 36.4 Å². The lowest BCUT2D eigenvalue weighted by molar-refractivity contribution is -0.137. The number of halogens is 3. The lowest BCUT2D eigenvalue weighted by atomic mass is 10.1. The van der Waals surface area contributed by atoms with Gasteiger partial charge >= 0.3 is 6.18 Å². The van der Waals surface area contributed by atoms with E-state index in [0.29, 0.717) is 37.6 Å². The molecule has 1 fully saturated rings. The van der Waals surface area contributed by atoms with Gasteiger partial charge in [0.2, 0.25) is 0 Å². The molecule has 0 atom stereocenters. The van der Waals surface area contributed by atoms with E-state index in [1.807, 2.05) is 35.2 Å². The minimum Gasteiger partial charge on any atom is -0.368 e. The summed E-state index contributed by atoms with van der Waals surface area (Å²) in [5.41, 5.74) is 6.83. The smallest absolute Gasteiger partial charge is 0.368 e. The summed E-state index contributed by atoms with van der Waals surface area (Å²) in [6.45, 7) is 1.33. The molecule has 0 saturated carbocycles. The summed E-state index contributed by atoms with van der Waals surface area (Å²) >= 11 is 0. The van der Waals surface area contributed by atoms with Crippen molar-refractivity contribution in [2.24, 2.45) is 5.73 Å². The fourth-order valence-corrected chi connectivity index (χ4v) is 4.27. The topological polar surface area (TPSA) is 96.8 Å². The number of fused-ring (bicyclic) bond motifs is 1. The molecule has 0 unspecified atom stereocenters. The van der Waals surface area contributed by atoms with Gasteiger partial charge in [-0.2, -0.15) is 13.2 Å². The highest BCUT2D eigenvalue weighted by atomic mass is 19.4. The number of rotatable bonds is 4. The molecular weight excluding hydrogens is 473 g/mol. The minimum atomic E-state index is -4.43. The Kier molecular flexibility index (Phi) is 5.83. The zero-order valence-corrected chi connectivity index (χ0v) is 18.9. The Morgan fingerprint density at radius 3 is 2.31 bits per heavy atom. The average molecular weight is 494 g/mol. The van der Waals surface area contributed by atoms with Crippen LogP contribution in [-0.2, 0) is 6.18 Å². The third kappa shape index (κ3) is 4.35. The first-order valence-electron chi connectivity index (χ1n) is 11.2. The van der Waals surface area contributed by atoms with Crippen molar-refractivity contribution >= 4 is 23.1 Å². The zero-order chi connectivity index (χ0) is 25.4. The second-order valence-electron chi connectivity index (χ2n) is 8.37. The number of imidazole rings is 1. The molecule has 1 saturated heterocycles. The van der Waals surface area contributed by atoms with E-state index in [1.165, 1.54) is 16.8 Å². The van der Waals surface area contributed by atoms with Crippen LogP contribution in [0.3, 0.4) is 0 Å². The van der Waals surface area contributed by atoms with E-state index in [4.69, 9.17) is 5.73 Å². The van der Waals surface area contributed by atoms with E-state index in [2.05, 4.69) is 9.97 Å². The van der Waals surface area contributed by atoms with Gasteiger partial charge in [0.25, 0.3) is 11.8 Å². The monoisotopic (exact) mass is 494 g/mol. The number of nitrogens with two attached hydrogens (primary N) is 1. The largest absolute Gasteiger partial charge is 0.416 e. The lowest BCUT2D eigenvalue weighted by Gasteiger charge is -2.36. The summed E-state index contributed by atoms with van der Waals surface area (Å²) in [4.78, 5) is 37.5. The molecule has 2 amide bonds. The molecule has 1 aliphatic heterocycles. The van der Waals surface area contributed by atoms with Crippen molar-refractivity contribution in [1.82, 2.24) is 19.3 Å². The number of alkyl halides is 3. The van der Waals surface area contributed by atoms with Crippen LogP contribution < -0.4 is 10.6 Å². The second-order valence-corrected chi connectivity index (χ2v) is 8.37. The van der Waals surface area contributed by atoms with Gasteiger partial charge in [0.1, 0.15) is 12.0 Å². The number of carbonyl (C=O) groups excluding carboxylic acids is 2. The summed E-state index contributed by atoms with van der Waals surface area (Å²) in [6.07, 6.45) is -3.09. The fourth-order valence-electron chi connectivity index (χ4n) is 4.27. The van der Waals surface area contributed by atoms with E-state index < -0.39 is 17.6 Å². The molecule has 0 bridgehead atoms. The number of benzene rings is 2. The van der Waals surface area contributed by atoms with Crippen molar-refractivity contribution in [3.05, 3.63) is 83.9 Å². The van der Waals surface area contributed by atoms with Crippen LogP contribution in [0.5, 0.6) is 0 Å². The number of nitrogens with zero attached hydrogens (tertiary/aromatic N) is 5. The highest BCUT2D eigenvalue weighted by molar-refractivity contribution is 5.99. The quantitative estimate of drug-likeness (QED) is 0.469. The number of carbonyl (C=O) groups is 2. The van der Waals surface area contributed by atoms with Crippen LogP contribution in [0.2, 0.25) is 0 Å². The molecule has 1 aliphatic rings. The predicted octanol–water partition coefficient (Wildman–Crippen LogP) is 3.48. The van der Waals surface area contributed by atoms with Crippen molar-refractivity contribution in [2.45, 2.75) is 6.18 Å². The zero-order valence-electron chi connectivity index (χ0n) is 18.9. The van der Waals surface area contributed by atoms with E-state index >= 15 is 0 Å². The summed E-state index contributed by atoms with van der Waals surface area (Å²) in [7, 11) is 0. The van der Waals surface area contributed by atoms with Gasteiger partial charge in [-0.05, 0) is 24.3 Å². The molecule has 0 aliphatic carbocycles. The first kappa shape index (κ1) is 23.3. The molecule has 36 heavy (non-hydrogen) atoms. The number of amides is 2. The molecule has 5 rings (SSSR count). The van der Waals surface area contributed by atoms with E-state index in [1.54, 1.807) is 17.0 Å². The van der Waals surface area contributed by atoms with Crippen molar-refractivity contribution < 1.29 is 22.8 Å². The molecule has 8 nitrogen and oxygen atoms in total. The standard InChI is InChI=1S/C25H21F3N6O2/c26-25(27,28)17-7-4-8-18(13-17)32-9-11-33(12-10-32)24(36)20-14-19(16-5-2-1-3-6-16)31-23-21(22(29)35)30-15-34(20)23/h1-8,13-15H,9-12H2,(H2,29,35). The van der Waals surface area contributed by atoms with Crippen molar-refractivity contribution in [2.75, 3.05) is 31.1 Å². The Hall–Kier alpha value is -4.41. The van der Waals surface area contributed by atoms with Crippen LogP contribution in [0.1, 0.15) is 26.5 Å². The highest BCUT2D eigenvalue weighted by Gasteiger charge is 2.32. The van der Waals surface area contributed by atoms with Crippen LogP contribution in [0.25, 0.3) is 16.9 Å². The number of piperazine rings is 1. The Morgan fingerprint density at radius 1 is 0.917 bits per heavy atom. The summed E-state index contributed by atoms with van der Waals surface area (Å²) < 4.78 is 40.8. The molecule has 0 spiro atoms. The molecule has 2 aromatic heterocycles. The van der Waals surface area contributed by atoms with Gasteiger partial charge < -0.3 is 15.5 Å². The van der Waals surface area contributed by atoms with Crippen LogP contribution in [-0.4, -0.2) is 57.3 Å². The Morgan fingerprint density at radius 2 is 1.64 bits per heavy atom. The van der Waals surface area contributed by atoms with E-state index in [0.717, 1.165) is 17.7 Å². The maximum Gasteiger partial charge on any atom is 0.416 e. The van der Waals surface area contributed by atoms with Gasteiger partial charge in [0.05, 0.1) is 11.3 Å². The second kappa shape index (κ2) is 8.99. The van der Waals surface area contributed by atoms with Crippen molar-refractivity contribution in [3.63, 3.8) is 0 Å².